The van der Waals surface area contributed by atoms with E-state index in [-0.39, 0.29) is 21.9 Å². The average molecular weight is 516 g/mol. The van der Waals surface area contributed by atoms with Crippen LogP contribution in [0.2, 0.25) is 0 Å². The highest BCUT2D eigenvalue weighted by molar-refractivity contribution is 7.71. The number of aromatic amines is 1. The summed E-state index contributed by atoms with van der Waals surface area (Å²) in [6.07, 6.45) is 21.2. The van der Waals surface area contributed by atoms with Crippen LogP contribution in [-0.4, -0.2) is 35.0 Å². The third kappa shape index (κ3) is 5.61. The number of nitrogen functional groups attached to an aromatic ring is 1. The number of H-pyrrole nitrogens is 1. The Kier molecular flexibility index (Phi) is 7.54. The second kappa shape index (κ2) is 10.6. The monoisotopic (exact) mass is 515 g/mol. The fraction of sp³-hybridized carbons (Fsp3) is 0.321. The molecule has 8 nitrogen and oxygen atoms in total. The van der Waals surface area contributed by atoms with Crippen molar-refractivity contribution in [1.29, 1.82) is 0 Å². The lowest BCUT2D eigenvalue weighted by Gasteiger charge is -2.37. The quantitative estimate of drug-likeness (QED) is 0.227. The molecule has 1 aliphatic rings. The Morgan fingerprint density at radius 3 is 2.78 bits per heavy atom. The van der Waals surface area contributed by atoms with Gasteiger partial charge in [-0.2, -0.15) is 4.98 Å². The van der Waals surface area contributed by atoms with E-state index in [2.05, 4.69) is 64.4 Å². The van der Waals surface area contributed by atoms with Gasteiger partial charge in [-0.3, -0.25) is 4.79 Å². The lowest BCUT2D eigenvalue weighted by Crippen LogP contribution is -2.25. The molecular formula is C28H33N7OS. The number of hydrogen-bond acceptors (Lipinski definition) is 6. The number of anilines is 1. The molecule has 3 heterocycles. The number of fused-ring (bicyclic) bond motifs is 1. The van der Waals surface area contributed by atoms with E-state index in [0.717, 1.165) is 24.0 Å². The molecule has 0 amide bonds. The minimum absolute atomic E-state index is 0.00835. The van der Waals surface area contributed by atoms with Crippen LogP contribution >= 0.6 is 12.2 Å². The van der Waals surface area contributed by atoms with Gasteiger partial charge in [-0.1, -0.05) is 62.0 Å². The van der Waals surface area contributed by atoms with Crippen molar-refractivity contribution in [2.75, 3.05) is 5.73 Å². The molecule has 0 saturated carbocycles. The van der Waals surface area contributed by atoms with Crippen molar-refractivity contribution in [2.45, 2.75) is 53.5 Å². The molecule has 9 heteroatoms. The maximum Gasteiger partial charge on any atom is 0.258 e. The Bertz CT molecular complexity index is 1530. The molecule has 3 N–H and O–H groups in total. The van der Waals surface area contributed by atoms with Gasteiger partial charge in [-0.15, -0.1) is 0 Å². The Morgan fingerprint density at radius 1 is 1.27 bits per heavy atom. The van der Waals surface area contributed by atoms with Gasteiger partial charge in [0.05, 0.1) is 18.7 Å². The normalized spacial score (nSPS) is 19.0. The maximum absolute atomic E-state index is 12.8. The van der Waals surface area contributed by atoms with Gasteiger partial charge < -0.3 is 15.3 Å². The third-order valence-corrected chi connectivity index (χ3v) is 7.26. The van der Waals surface area contributed by atoms with Crippen molar-refractivity contribution in [2.24, 2.45) is 5.41 Å². The first kappa shape index (κ1) is 26.2. The van der Waals surface area contributed by atoms with Gasteiger partial charge in [0.1, 0.15) is 10.2 Å². The minimum atomic E-state index is -0.358. The molecule has 1 unspecified atom stereocenters. The number of allylic oxidation sites excluding steroid dienone is 10. The third-order valence-electron chi connectivity index (χ3n) is 6.87. The van der Waals surface area contributed by atoms with Crippen molar-refractivity contribution >= 4 is 35.2 Å². The van der Waals surface area contributed by atoms with Gasteiger partial charge in [0.2, 0.25) is 5.95 Å². The van der Waals surface area contributed by atoms with Gasteiger partial charge in [0, 0.05) is 18.5 Å². The summed E-state index contributed by atoms with van der Waals surface area (Å²) in [5.74, 6) is -0.349. The summed E-state index contributed by atoms with van der Waals surface area (Å²) in [7, 11) is 0. The van der Waals surface area contributed by atoms with E-state index in [1.54, 1.807) is 0 Å². The van der Waals surface area contributed by atoms with Gasteiger partial charge in [-0.25, -0.2) is 14.5 Å². The summed E-state index contributed by atoms with van der Waals surface area (Å²) >= 11 is 5.40. The van der Waals surface area contributed by atoms with E-state index in [0.29, 0.717) is 17.2 Å². The van der Waals surface area contributed by atoms with Crippen LogP contribution in [0, 0.1) is 10.1 Å². The van der Waals surface area contributed by atoms with Crippen LogP contribution in [0.4, 0.5) is 5.95 Å². The second-order valence-electron chi connectivity index (χ2n) is 10.1. The molecular weight excluding hydrogens is 482 g/mol. The topological polar surface area (TPSA) is 107 Å². The van der Waals surface area contributed by atoms with Crippen molar-refractivity contribution in [1.82, 2.24) is 29.1 Å². The minimum Gasteiger partial charge on any atom is -0.369 e. The Morgan fingerprint density at radius 2 is 2.05 bits per heavy atom. The maximum atomic E-state index is 12.8. The van der Waals surface area contributed by atoms with Gasteiger partial charge in [0.15, 0.2) is 5.65 Å². The highest BCUT2D eigenvalue weighted by Crippen LogP contribution is 2.45. The summed E-state index contributed by atoms with van der Waals surface area (Å²) < 4.78 is 3.66. The number of nitrogens with two attached hydrogens (primary N) is 1. The van der Waals surface area contributed by atoms with Gasteiger partial charge in [0.25, 0.3) is 5.91 Å². The van der Waals surface area contributed by atoms with Crippen LogP contribution in [0.1, 0.15) is 58.3 Å². The van der Waals surface area contributed by atoms with Crippen LogP contribution in [0.5, 0.6) is 0 Å². The number of imidazole rings is 2. The summed E-state index contributed by atoms with van der Waals surface area (Å²) in [6.45, 7) is 10.8. The average Bonchev–Trinajstić information content (AvgIpc) is 3.51. The Balaban J connectivity index is 1.49. The molecule has 4 rings (SSSR count). The van der Waals surface area contributed by atoms with E-state index in [9.17, 15) is 4.79 Å². The summed E-state index contributed by atoms with van der Waals surface area (Å²) in [4.78, 5) is 28.2. The fourth-order valence-corrected chi connectivity index (χ4v) is 5.13. The molecule has 1 aliphatic carbocycles. The lowest BCUT2D eigenvalue weighted by atomic mass is 9.71. The Labute approximate surface area is 222 Å². The van der Waals surface area contributed by atoms with Crippen molar-refractivity contribution in [3.63, 3.8) is 0 Å². The summed E-state index contributed by atoms with van der Waals surface area (Å²) in [5, 5.41) is 0. The van der Waals surface area contributed by atoms with Crippen LogP contribution in [-0.2, 0) is 0 Å². The van der Waals surface area contributed by atoms with Crippen molar-refractivity contribution < 1.29 is 4.79 Å². The summed E-state index contributed by atoms with van der Waals surface area (Å²) in [6, 6.07) is 0.344. The van der Waals surface area contributed by atoms with Crippen molar-refractivity contribution in [3.05, 3.63) is 88.4 Å². The smallest absolute Gasteiger partial charge is 0.258 e. The molecule has 0 aromatic carbocycles. The molecule has 1 atom stereocenters. The number of rotatable bonds is 6. The number of aromatic nitrogens is 6. The van der Waals surface area contributed by atoms with Gasteiger partial charge >= 0.3 is 0 Å². The zero-order valence-corrected chi connectivity index (χ0v) is 22.7. The van der Waals surface area contributed by atoms with E-state index >= 15 is 0 Å². The SMILES string of the molecule is CC(C=CC1=C(C)C(n2ccnc2)CCC1(C)C)=CC=CC(C)=CC(=O)n1c(N)nc2nc[nH]c2c1=S. The second-order valence-corrected chi connectivity index (χ2v) is 10.5. The zero-order chi connectivity index (χ0) is 26.7. The lowest BCUT2D eigenvalue weighted by molar-refractivity contribution is 0.0968. The largest absolute Gasteiger partial charge is 0.369 e. The van der Waals surface area contributed by atoms with Gasteiger partial charge in [-0.05, 0) is 55.7 Å². The van der Waals surface area contributed by atoms with E-state index in [1.165, 1.54) is 28.1 Å². The van der Waals surface area contributed by atoms with Crippen LogP contribution in [0.15, 0.2) is 83.8 Å². The van der Waals surface area contributed by atoms with Crippen LogP contribution in [0.3, 0.4) is 0 Å². The highest BCUT2D eigenvalue weighted by atomic mass is 32.1. The molecule has 0 saturated heterocycles. The number of carbonyl (C=O) groups excluding carboxylic acids is 1. The molecule has 0 fully saturated rings. The first-order valence-corrected chi connectivity index (χ1v) is 12.7. The molecule has 192 valence electrons. The predicted molar refractivity (Wildman–Crippen MR) is 151 cm³/mol. The molecule has 3 aromatic heterocycles. The molecule has 0 bridgehead atoms. The molecule has 0 radical (unpaired) electrons. The molecule has 37 heavy (non-hydrogen) atoms. The van der Waals surface area contributed by atoms with E-state index < -0.39 is 0 Å². The number of carbonyl (C=O) groups is 1. The van der Waals surface area contributed by atoms with E-state index in [4.69, 9.17) is 18.0 Å². The first-order chi connectivity index (χ1) is 17.6. The van der Waals surface area contributed by atoms with Crippen molar-refractivity contribution in [3.8, 4) is 0 Å². The Hall–Kier alpha value is -3.85. The van der Waals surface area contributed by atoms with E-state index in [1.807, 2.05) is 43.9 Å². The number of nitrogens with zero attached hydrogens (tertiary/aromatic N) is 5. The molecule has 0 aliphatic heterocycles. The van der Waals surface area contributed by atoms with Crippen LogP contribution in [0.25, 0.3) is 11.2 Å². The number of hydrogen-bond donors (Lipinski definition) is 2. The summed E-state index contributed by atoms with van der Waals surface area (Å²) in [5.41, 5.74) is 11.6. The molecule has 0 spiro atoms. The predicted octanol–water partition coefficient (Wildman–Crippen LogP) is 6.29. The first-order valence-electron chi connectivity index (χ1n) is 12.2. The number of nitrogens with one attached hydrogen (secondary N) is 1. The zero-order valence-electron chi connectivity index (χ0n) is 21.9. The molecule has 3 aromatic rings. The fourth-order valence-electron chi connectivity index (χ4n) is 4.79. The standard InChI is InChI=1S/C28H33N7OS/c1-18(9-10-21-20(3)22(11-12-28(21,4)5)34-14-13-30-17-34)7-6-8-19(2)15-23(36)35-26(37)24-25(32-16-31-24)33-27(35)29/h6-10,13-17,22H,11-12H2,1-5H3,(H2,29,33)(H,31,32). The van der Waals surface area contributed by atoms with Crippen LogP contribution < -0.4 is 5.73 Å². The highest BCUT2D eigenvalue weighted by Gasteiger charge is 2.32.